The Morgan fingerprint density at radius 1 is 1.32 bits per heavy atom. The molecule has 1 aromatic carbocycles. The van der Waals surface area contributed by atoms with Crippen LogP contribution in [0.15, 0.2) is 18.2 Å². The van der Waals surface area contributed by atoms with Crippen molar-refractivity contribution in [3.8, 4) is 6.07 Å². The lowest BCUT2D eigenvalue weighted by molar-refractivity contribution is 0.141. The van der Waals surface area contributed by atoms with E-state index in [4.69, 9.17) is 5.26 Å². The summed E-state index contributed by atoms with van der Waals surface area (Å²) in [4.78, 5) is 0. The number of aliphatic hydroxyl groups is 1. The normalized spacial score (nSPS) is 22.8. The van der Waals surface area contributed by atoms with E-state index in [-0.39, 0.29) is 12.2 Å². The fourth-order valence-electron chi connectivity index (χ4n) is 2.76. The summed E-state index contributed by atoms with van der Waals surface area (Å²) >= 11 is 0. The predicted octanol–water partition coefficient (Wildman–Crippen LogP) is 2.91. The van der Waals surface area contributed by atoms with E-state index in [9.17, 15) is 9.50 Å². The Morgan fingerprint density at radius 2 is 2.05 bits per heavy atom. The first kappa shape index (κ1) is 13.8. The van der Waals surface area contributed by atoms with Crippen LogP contribution in [0.2, 0.25) is 0 Å². The van der Waals surface area contributed by atoms with Crippen LogP contribution in [-0.4, -0.2) is 18.3 Å². The van der Waals surface area contributed by atoms with Crippen molar-refractivity contribution < 1.29 is 9.50 Å². The highest BCUT2D eigenvalue weighted by molar-refractivity contribution is 5.48. The van der Waals surface area contributed by atoms with Crippen molar-refractivity contribution in [1.29, 1.82) is 5.26 Å². The van der Waals surface area contributed by atoms with Crippen molar-refractivity contribution in [2.24, 2.45) is 11.8 Å². The van der Waals surface area contributed by atoms with E-state index in [0.29, 0.717) is 17.5 Å². The highest BCUT2D eigenvalue weighted by atomic mass is 19.1. The lowest BCUT2D eigenvalue weighted by atomic mass is 9.79. The Hall–Kier alpha value is -1.60. The van der Waals surface area contributed by atoms with Crippen LogP contribution in [0, 0.1) is 29.0 Å². The number of benzene rings is 1. The minimum absolute atomic E-state index is 0.0662. The van der Waals surface area contributed by atoms with Crippen LogP contribution >= 0.6 is 0 Å². The maximum Gasteiger partial charge on any atom is 0.143 e. The van der Waals surface area contributed by atoms with Crippen molar-refractivity contribution >= 4 is 5.69 Å². The Labute approximate surface area is 113 Å². The molecule has 1 aromatic rings. The first-order valence-electron chi connectivity index (χ1n) is 6.79. The van der Waals surface area contributed by atoms with Crippen molar-refractivity contribution in [3.63, 3.8) is 0 Å². The van der Waals surface area contributed by atoms with Gasteiger partial charge in [0.05, 0.1) is 5.56 Å². The van der Waals surface area contributed by atoms with Crippen molar-refractivity contribution in [2.45, 2.75) is 25.7 Å². The molecule has 2 N–H and O–H groups in total. The number of nitrogens with one attached hydrogen (secondary N) is 1. The zero-order chi connectivity index (χ0) is 13.7. The second-order valence-corrected chi connectivity index (χ2v) is 5.17. The molecule has 1 aliphatic rings. The Kier molecular flexibility index (Phi) is 4.75. The topological polar surface area (TPSA) is 56.0 Å². The summed E-state index contributed by atoms with van der Waals surface area (Å²) in [6.45, 7) is 0.977. The number of aliphatic hydroxyl groups excluding tert-OH is 1. The van der Waals surface area contributed by atoms with Gasteiger partial charge in [-0.1, -0.05) is 12.8 Å². The number of hydrogen-bond donors (Lipinski definition) is 2. The second kappa shape index (κ2) is 6.53. The molecule has 0 bridgehead atoms. The first-order chi connectivity index (χ1) is 9.24. The Morgan fingerprint density at radius 3 is 2.68 bits per heavy atom. The largest absolute Gasteiger partial charge is 0.396 e. The molecule has 0 aromatic heterocycles. The summed E-state index contributed by atoms with van der Waals surface area (Å²) in [6, 6.07) is 6.37. The van der Waals surface area contributed by atoms with E-state index in [1.807, 2.05) is 6.07 Å². The van der Waals surface area contributed by atoms with Gasteiger partial charge >= 0.3 is 0 Å². The van der Waals surface area contributed by atoms with Crippen LogP contribution in [-0.2, 0) is 0 Å². The summed E-state index contributed by atoms with van der Waals surface area (Å²) in [5, 5.41) is 21.2. The number of halogens is 1. The standard InChI is InChI=1S/C15H19FN2O/c16-15-7-14(6-5-11(15)8-17)18-9-12-3-1-2-4-13(12)10-19/h5-7,12-13,18-19H,1-4,9-10H2. The lowest BCUT2D eigenvalue weighted by Crippen LogP contribution is -2.28. The van der Waals surface area contributed by atoms with Gasteiger partial charge in [-0.2, -0.15) is 5.26 Å². The van der Waals surface area contributed by atoms with Crippen LogP contribution in [0.5, 0.6) is 0 Å². The van der Waals surface area contributed by atoms with Gasteiger partial charge in [0.1, 0.15) is 11.9 Å². The van der Waals surface area contributed by atoms with E-state index in [1.165, 1.54) is 25.0 Å². The second-order valence-electron chi connectivity index (χ2n) is 5.17. The van der Waals surface area contributed by atoms with E-state index in [0.717, 1.165) is 19.4 Å². The molecule has 102 valence electrons. The zero-order valence-electron chi connectivity index (χ0n) is 10.9. The molecule has 2 unspecified atom stereocenters. The maximum atomic E-state index is 13.5. The average molecular weight is 262 g/mol. The van der Waals surface area contributed by atoms with Crippen LogP contribution in [0.3, 0.4) is 0 Å². The molecule has 0 saturated heterocycles. The Bertz CT molecular complexity index is 470. The lowest BCUT2D eigenvalue weighted by Gasteiger charge is -2.30. The number of hydrogen-bond acceptors (Lipinski definition) is 3. The molecule has 0 amide bonds. The molecule has 3 nitrogen and oxygen atoms in total. The summed E-state index contributed by atoms with van der Waals surface area (Å²) in [7, 11) is 0. The fraction of sp³-hybridized carbons (Fsp3) is 0.533. The molecule has 19 heavy (non-hydrogen) atoms. The minimum Gasteiger partial charge on any atom is -0.396 e. The molecule has 0 heterocycles. The third-order valence-corrected chi connectivity index (χ3v) is 3.96. The van der Waals surface area contributed by atoms with Crippen molar-refractivity contribution in [2.75, 3.05) is 18.5 Å². The molecule has 2 atom stereocenters. The van der Waals surface area contributed by atoms with E-state index >= 15 is 0 Å². The molecule has 0 aliphatic heterocycles. The number of nitriles is 1. The van der Waals surface area contributed by atoms with Gasteiger partial charge in [-0.3, -0.25) is 0 Å². The molecule has 1 aliphatic carbocycles. The van der Waals surface area contributed by atoms with Gasteiger partial charge in [0.2, 0.25) is 0 Å². The predicted molar refractivity (Wildman–Crippen MR) is 72.1 cm³/mol. The number of rotatable bonds is 4. The summed E-state index contributed by atoms with van der Waals surface area (Å²) < 4.78 is 13.5. The van der Waals surface area contributed by atoms with Gasteiger partial charge in [-0.25, -0.2) is 4.39 Å². The van der Waals surface area contributed by atoms with Gasteiger partial charge in [-0.15, -0.1) is 0 Å². The van der Waals surface area contributed by atoms with E-state index < -0.39 is 5.82 Å². The smallest absolute Gasteiger partial charge is 0.143 e. The van der Waals surface area contributed by atoms with Crippen LogP contribution < -0.4 is 5.32 Å². The van der Waals surface area contributed by atoms with Crippen molar-refractivity contribution in [3.05, 3.63) is 29.6 Å². The van der Waals surface area contributed by atoms with Gasteiger partial charge in [0, 0.05) is 18.8 Å². The summed E-state index contributed by atoms with van der Waals surface area (Å²) in [5.74, 6) is 0.303. The molecule has 2 rings (SSSR count). The van der Waals surface area contributed by atoms with Crippen LogP contribution in [0.25, 0.3) is 0 Å². The molecular weight excluding hydrogens is 243 g/mol. The zero-order valence-corrected chi connectivity index (χ0v) is 10.9. The summed E-state index contributed by atoms with van der Waals surface area (Å²) in [6.07, 6.45) is 4.57. The molecule has 1 saturated carbocycles. The molecule has 1 fully saturated rings. The SMILES string of the molecule is N#Cc1ccc(NCC2CCCCC2CO)cc1F. The first-order valence-corrected chi connectivity index (χ1v) is 6.79. The average Bonchev–Trinajstić information content (AvgIpc) is 2.45. The molecule has 0 radical (unpaired) electrons. The third-order valence-electron chi connectivity index (χ3n) is 3.96. The van der Waals surface area contributed by atoms with E-state index in [2.05, 4.69) is 5.32 Å². The van der Waals surface area contributed by atoms with Gasteiger partial charge in [0.25, 0.3) is 0 Å². The van der Waals surface area contributed by atoms with Crippen molar-refractivity contribution in [1.82, 2.24) is 0 Å². The Balaban J connectivity index is 1.94. The maximum absolute atomic E-state index is 13.5. The third kappa shape index (κ3) is 3.45. The monoisotopic (exact) mass is 262 g/mol. The van der Waals surface area contributed by atoms with Crippen LogP contribution in [0.4, 0.5) is 10.1 Å². The molecule has 0 spiro atoms. The minimum atomic E-state index is -0.491. The highest BCUT2D eigenvalue weighted by Crippen LogP contribution is 2.30. The van der Waals surface area contributed by atoms with Crippen LogP contribution in [0.1, 0.15) is 31.2 Å². The molecular formula is C15H19FN2O. The number of nitrogens with zero attached hydrogens (tertiary/aromatic N) is 1. The van der Waals surface area contributed by atoms with Gasteiger partial charge < -0.3 is 10.4 Å². The fourth-order valence-corrected chi connectivity index (χ4v) is 2.76. The van der Waals surface area contributed by atoms with Gasteiger partial charge in [-0.05, 0) is 42.9 Å². The highest BCUT2D eigenvalue weighted by Gasteiger charge is 2.24. The summed E-state index contributed by atoms with van der Waals surface area (Å²) in [5.41, 5.74) is 0.759. The van der Waals surface area contributed by atoms with E-state index in [1.54, 1.807) is 6.07 Å². The quantitative estimate of drug-likeness (QED) is 0.877. The number of anilines is 1. The molecule has 4 heteroatoms. The van der Waals surface area contributed by atoms with Gasteiger partial charge in [0.15, 0.2) is 0 Å².